The highest BCUT2D eigenvalue weighted by atomic mass is 16.4. The van der Waals surface area contributed by atoms with Crippen molar-refractivity contribution < 1.29 is 14.7 Å². The predicted molar refractivity (Wildman–Crippen MR) is 67.8 cm³/mol. The van der Waals surface area contributed by atoms with E-state index >= 15 is 0 Å². The normalized spacial score (nSPS) is 9.67. The van der Waals surface area contributed by atoms with E-state index in [1.165, 1.54) is 0 Å². The topological polar surface area (TPSA) is 94.6 Å². The average Bonchev–Trinajstić information content (AvgIpc) is 2.28. The van der Waals surface area contributed by atoms with Gasteiger partial charge in [-0.1, -0.05) is 6.07 Å². The Kier molecular flexibility index (Phi) is 4.91. The molecule has 0 saturated heterocycles. The molecule has 7 heteroatoms. The molecular weight excluding hydrogens is 236 g/mol. The first-order chi connectivity index (χ1) is 8.49. The summed E-state index contributed by atoms with van der Waals surface area (Å²) in [7, 11) is 3.69. The van der Waals surface area contributed by atoms with Crippen LogP contribution in [-0.4, -0.2) is 42.7 Å². The van der Waals surface area contributed by atoms with Crippen LogP contribution in [0.1, 0.15) is 6.42 Å². The number of aromatic nitrogens is 1. The van der Waals surface area contributed by atoms with Gasteiger partial charge in [-0.2, -0.15) is 0 Å². The second kappa shape index (κ2) is 6.43. The van der Waals surface area contributed by atoms with E-state index in [9.17, 15) is 9.59 Å². The van der Waals surface area contributed by atoms with Crippen molar-refractivity contribution in [1.82, 2.24) is 10.3 Å². The summed E-state index contributed by atoms with van der Waals surface area (Å²) in [5, 5.41) is 13.4. The molecule has 3 N–H and O–H groups in total. The first-order valence-electron chi connectivity index (χ1n) is 5.40. The molecule has 0 aliphatic carbocycles. The van der Waals surface area contributed by atoms with Crippen LogP contribution < -0.4 is 15.5 Å². The van der Waals surface area contributed by atoms with Crippen LogP contribution in [0.15, 0.2) is 18.2 Å². The lowest BCUT2D eigenvalue weighted by Gasteiger charge is -2.12. The fraction of sp³-hybridized carbons (Fsp3) is 0.364. The smallest absolute Gasteiger partial charge is 0.320 e. The van der Waals surface area contributed by atoms with Gasteiger partial charge in [0.25, 0.3) is 0 Å². The van der Waals surface area contributed by atoms with E-state index in [2.05, 4.69) is 15.6 Å². The average molecular weight is 252 g/mol. The number of anilines is 2. The van der Waals surface area contributed by atoms with E-state index in [4.69, 9.17) is 5.11 Å². The molecule has 0 bridgehead atoms. The first-order valence-corrected chi connectivity index (χ1v) is 5.40. The molecule has 7 nitrogen and oxygen atoms in total. The van der Waals surface area contributed by atoms with Gasteiger partial charge in [-0.15, -0.1) is 0 Å². The fourth-order valence-electron chi connectivity index (χ4n) is 1.19. The Morgan fingerprint density at radius 3 is 2.72 bits per heavy atom. The zero-order valence-corrected chi connectivity index (χ0v) is 10.3. The van der Waals surface area contributed by atoms with Crippen LogP contribution in [0.4, 0.5) is 16.4 Å². The van der Waals surface area contributed by atoms with Crippen LogP contribution in [0.2, 0.25) is 0 Å². The number of urea groups is 1. The Labute approximate surface area is 105 Å². The van der Waals surface area contributed by atoms with Gasteiger partial charge in [0.1, 0.15) is 11.6 Å². The summed E-state index contributed by atoms with van der Waals surface area (Å²) >= 11 is 0. The van der Waals surface area contributed by atoms with E-state index < -0.39 is 12.0 Å². The third-order valence-corrected chi connectivity index (χ3v) is 2.06. The summed E-state index contributed by atoms with van der Waals surface area (Å²) < 4.78 is 0. The van der Waals surface area contributed by atoms with Crippen molar-refractivity contribution in [3.8, 4) is 0 Å². The molecule has 0 aliphatic rings. The Balaban J connectivity index is 2.49. The van der Waals surface area contributed by atoms with Crippen LogP contribution in [0.25, 0.3) is 0 Å². The van der Waals surface area contributed by atoms with Gasteiger partial charge in [0, 0.05) is 20.6 Å². The second-order valence-corrected chi connectivity index (χ2v) is 3.80. The minimum atomic E-state index is -0.956. The number of carbonyl (C=O) groups is 2. The quantitative estimate of drug-likeness (QED) is 0.718. The summed E-state index contributed by atoms with van der Waals surface area (Å²) in [6.45, 7) is 0.0779. The van der Waals surface area contributed by atoms with E-state index in [1.807, 2.05) is 25.1 Å². The second-order valence-electron chi connectivity index (χ2n) is 3.80. The Morgan fingerprint density at radius 1 is 1.39 bits per heavy atom. The largest absolute Gasteiger partial charge is 0.481 e. The molecule has 0 radical (unpaired) electrons. The Bertz CT molecular complexity index is 434. The highest BCUT2D eigenvalue weighted by molar-refractivity contribution is 5.88. The molecule has 18 heavy (non-hydrogen) atoms. The highest BCUT2D eigenvalue weighted by Crippen LogP contribution is 2.11. The number of amides is 2. The van der Waals surface area contributed by atoms with Gasteiger partial charge in [-0.25, -0.2) is 9.78 Å². The molecule has 0 aromatic carbocycles. The van der Waals surface area contributed by atoms with Gasteiger partial charge in [0.15, 0.2) is 0 Å². The number of rotatable bonds is 5. The molecule has 0 aliphatic heterocycles. The lowest BCUT2D eigenvalue weighted by Crippen LogP contribution is -2.31. The number of hydrogen-bond acceptors (Lipinski definition) is 4. The molecule has 0 unspecified atom stereocenters. The SMILES string of the molecule is CN(C)c1cccc(NC(=O)NCCC(=O)O)n1. The van der Waals surface area contributed by atoms with Gasteiger partial charge < -0.3 is 15.3 Å². The standard InChI is InChI=1S/C11H16N4O3/c1-15(2)9-5-3-4-8(13-9)14-11(18)12-7-6-10(16)17/h3-5H,6-7H2,1-2H3,(H,16,17)(H2,12,13,14,18). The molecule has 1 aromatic heterocycles. The van der Waals surface area contributed by atoms with Gasteiger partial charge >= 0.3 is 12.0 Å². The molecule has 1 aromatic rings. The number of nitrogens with one attached hydrogen (secondary N) is 2. The van der Waals surface area contributed by atoms with E-state index in [1.54, 1.807) is 12.1 Å². The molecule has 0 fully saturated rings. The van der Waals surface area contributed by atoms with E-state index in [-0.39, 0.29) is 13.0 Å². The van der Waals surface area contributed by atoms with Crippen LogP contribution in [-0.2, 0) is 4.79 Å². The summed E-state index contributed by atoms with van der Waals surface area (Å²) in [5.41, 5.74) is 0. The molecule has 0 atom stereocenters. The van der Waals surface area contributed by atoms with Crippen molar-refractivity contribution in [2.45, 2.75) is 6.42 Å². The minimum absolute atomic E-state index is 0.0779. The number of carboxylic acids is 1. The van der Waals surface area contributed by atoms with Gasteiger partial charge in [-0.05, 0) is 12.1 Å². The van der Waals surface area contributed by atoms with Crippen molar-refractivity contribution in [2.24, 2.45) is 0 Å². The number of nitrogens with zero attached hydrogens (tertiary/aromatic N) is 2. The predicted octanol–water partition coefficient (Wildman–Crippen LogP) is 0.744. The van der Waals surface area contributed by atoms with Crippen LogP contribution in [0.3, 0.4) is 0 Å². The van der Waals surface area contributed by atoms with E-state index in [0.29, 0.717) is 5.82 Å². The summed E-state index contributed by atoms with van der Waals surface area (Å²) in [6.07, 6.45) is -0.113. The van der Waals surface area contributed by atoms with Crippen molar-refractivity contribution in [3.05, 3.63) is 18.2 Å². The zero-order valence-electron chi connectivity index (χ0n) is 10.3. The number of pyridine rings is 1. The maximum absolute atomic E-state index is 11.4. The Hall–Kier alpha value is -2.31. The van der Waals surface area contributed by atoms with Crippen LogP contribution in [0, 0.1) is 0 Å². The number of aliphatic carboxylic acids is 1. The molecular formula is C11H16N4O3. The molecule has 0 spiro atoms. The maximum atomic E-state index is 11.4. The Morgan fingerprint density at radius 2 is 2.11 bits per heavy atom. The summed E-state index contributed by atoms with van der Waals surface area (Å²) in [6, 6.07) is 4.77. The summed E-state index contributed by atoms with van der Waals surface area (Å²) in [4.78, 5) is 27.7. The van der Waals surface area contributed by atoms with Gasteiger partial charge in [0.2, 0.25) is 0 Å². The maximum Gasteiger partial charge on any atom is 0.320 e. The van der Waals surface area contributed by atoms with Crippen LogP contribution in [0.5, 0.6) is 0 Å². The lowest BCUT2D eigenvalue weighted by molar-refractivity contribution is -0.136. The monoisotopic (exact) mass is 252 g/mol. The highest BCUT2D eigenvalue weighted by Gasteiger charge is 2.05. The zero-order chi connectivity index (χ0) is 13.5. The third kappa shape index (κ3) is 4.69. The lowest BCUT2D eigenvalue weighted by atomic mass is 10.4. The molecule has 2 amide bonds. The molecule has 98 valence electrons. The fourth-order valence-corrected chi connectivity index (χ4v) is 1.19. The summed E-state index contributed by atoms with van der Waals surface area (Å²) in [5.74, 6) is 0.176. The van der Waals surface area contributed by atoms with Gasteiger partial charge in [-0.3, -0.25) is 10.1 Å². The van der Waals surface area contributed by atoms with Crippen molar-refractivity contribution >= 4 is 23.6 Å². The van der Waals surface area contributed by atoms with Crippen molar-refractivity contribution in [1.29, 1.82) is 0 Å². The number of carboxylic acid groups (broad SMARTS) is 1. The number of hydrogen-bond donors (Lipinski definition) is 3. The molecule has 1 rings (SSSR count). The first kappa shape index (κ1) is 13.8. The van der Waals surface area contributed by atoms with Gasteiger partial charge in [0.05, 0.1) is 6.42 Å². The third-order valence-electron chi connectivity index (χ3n) is 2.06. The van der Waals surface area contributed by atoms with Crippen molar-refractivity contribution in [2.75, 3.05) is 30.9 Å². The van der Waals surface area contributed by atoms with Crippen LogP contribution >= 0.6 is 0 Å². The number of carbonyl (C=O) groups excluding carboxylic acids is 1. The van der Waals surface area contributed by atoms with Crippen molar-refractivity contribution in [3.63, 3.8) is 0 Å². The van der Waals surface area contributed by atoms with E-state index in [0.717, 1.165) is 5.82 Å². The minimum Gasteiger partial charge on any atom is -0.481 e. The molecule has 1 heterocycles. The molecule has 0 saturated carbocycles.